The van der Waals surface area contributed by atoms with Crippen LogP contribution in [0, 0.1) is 5.92 Å². The Kier molecular flexibility index (Phi) is 3.66. The van der Waals surface area contributed by atoms with Crippen LogP contribution < -0.4 is 4.74 Å². The monoisotopic (exact) mass is 282 g/mol. The van der Waals surface area contributed by atoms with Gasteiger partial charge in [0.1, 0.15) is 5.75 Å². The first-order chi connectivity index (χ1) is 7.72. The normalized spacial score (nSPS) is 23.6. The van der Waals surface area contributed by atoms with Crippen LogP contribution in [0.4, 0.5) is 0 Å². The van der Waals surface area contributed by atoms with Crippen molar-refractivity contribution in [2.24, 2.45) is 5.92 Å². The third-order valence-electron chi connectivity index (χ3n) is 2.94. The molecule has 0 unspecified atom stereocenters. The predicted octanol–water partition coefficient (Wildman–Crippen LogP) is 3.24. The summed E-state index contributed by atoms with van der Waals surface area (Å²) in [6, 6.07) is 5.91. The van der Waals surface area contributed by atoms with Crippen LogP contribution in [0.3, 0.4) is 0 Å². The molecule has 1 aliphatic carbocycles. The van der Waals surface area contributed by atoms with E-state index in [1.165, 1.54) is 0 Å². The molecule has 1 aromatic carbocycles. The van der Waals surface area contributed by atoms with E-state index in [0.29, 0.717) is 5.92 Å². The number of hydrogen-bond acceptors (Lipinski definition) is 2. The SMILES string of the molecule is C=Cc1cc(Br)ccc1O[C@H]1C[C@H](CO)C1. The van der Waals surface area contributed by atoms with Crippen LogP contribution in [0.2, 0.25) is 0 Å². The minimum absolute atomic E-state index is 0.247. The average molecular weight is 283 g/mol. The molecule has 86 valence electrons. The molecule has 0 amide bonds. The molecule has 0 saturated heterocycles. The standard InChI is InChI=1S/C13H15BrO2/c1-2-10-7-11(14)3-4-13(10)16-12-5-9(6-12)8-15/h2-4,7,9,12,15H,1,5-6,8H2/t9-,12-. The van der Waals surface area contributed by atoms with Crippen molar-refractivity contribution < 1.29 is 9.84 Å². The van der Waals surface area contributed by atoms with Gasteiger partial charge in [-0.25, -0.2) is 0 Å². The zero-order valence-electron chi connectivity index (χ0n) is 9.03. The van der Waals surface area contributed by atoms with E-state index in [1.807, 2.05) is 18.2 Å². The molecule has 0 aromatic heterocycles. The summed E-state index contributed by atoms with van der Waals surface area (Å²) in [4.78, 5) is 0. The Morgan fingerprint density at radius 1 is 1.50 bits per heavy atom. The number of benzene rings is 1. The summed E-state index contributed by atoms with van der Waals surface area (Å²) < 4.78 is 6.88. The molecule has 2 rings (SSSR count). The topological polar surface area (TPSA) is 29.5 Å². The molecular formula is C13H15BrO2. The van der Waals surface area contributed by atoms with Crippen molar-refractivity contribution in [3.05, 3.63) is 34.8 Å². The molecule has 1 saturated carbocycles. The van der Waals surface area contributed by atoms with Gasteiger partial charge in [-0.3, -0.25) is 0 Å². The van der Waals surface area contributed by atoms with Crippen molar-refractivity contribution in [2.75, 3.05) is 6.61 Å². The maximum absolute atomic E-state index is 8.93. The lowest BCUT2D eigenvalue weighted by atomic mass is 9.83. The quantitative estimate of drug-likeness (QED) is 0.919. The van der Waals surface area contributed by atoms with Crippen molar-refractivity contribution in [1.29, 1.82) is 0 Å². The average Bonchev–Trinajstić information content (AvgIpc) is 2.24. The zero-order chi connectivity index (χ0) is 11.5. The molecule has 0 heterocycles. The minimum Gasteiger partial charge on any atom is -0.490 e. The van der Waals surface area contributed by atoms with Crippen LogP contribution >= 0.6 is 15.9 Å². The Balaban J connectivity index is 2.02. The second-order valence-corrected chi connectivity index (χ2v) is 5.06. The summed E-state index contributed by atoms with van der Waals surface area (Å²) in [7, 11) is 0. The maximum Gasteiger partial charge on any atom is 0.126 e. The van der Waals surface area contributed by atoms with Crippen LogP contribution in [-0.2, 0) is 0 Å². The summed E-state index contributed by atoms with van der Waals surface area (Å²) in [5, 5.41) is 8.93. The molecule has 1 N–H and O–H groups in total. The fourth-order valence-electron chi connectivity index (χ4n) is 1.89. The predicted molar refractivity (Wildman–Crippen MR) is 68.5 cm³/mol. The summed E-state index contributed by atoms with van der Waals surface area (Å²) in [5.74, 6) is 1.30. The van der Waals surface area contributed by atoms with Gasteiger partial charge in [0.05, 0.1) is 6.10 Å². The maximum atomic E-state index is 8.93. The number of aliphatic hydroxyl groups excluding tert-OH is 1. The minimum atomic E-state index is 0.247. The van der Waals surface area contributed by atoms with E-state index in [1.54, 1.807) is 6.08 Å². The van der Waals surface area contributed by atoms with E-state index in [-0.39, 0.29) is 12.7 Å². The number of ether oxygens (including phenoxy) is 1. The van der Waals surface area contributed by atoms with Crippen molar-refractivity contribution in [3.63, 3.8) is 0 Å². The van der Waals surface area contributed by atoms with Crippen LogP contribution in [0.25, 0.3) is 6.08 Å². The highest BCUT2D eigenvalue weighted by Gasteiger charge is 2.30. The first-order valence-corrected chi connectivity index (χ1v) is 6.21. The lowest BCUT2D eigenvalue weighted by Gasteiger charge is -2.34. The molecule has 0 radical (unpaired) electrons. The third-order valence-corrected chi connectivity index (χ3v) is 3.43. The Bertz CT molecular complexity index is 384. The van der Waals surface area contributed by atoms with Gasteiger partial charge in [0.15, 0.2) is 0 Å². The molecule has 0 aliphatic heterocycles. The molecule has 0 spiro atoms. The lowest BCUT2D eigenvalue weighted by molar-refractivity contribution is 0.0323. The molecule has 2 nitrogen and oxygen atoms in total. The Morgan fingerprint density at radius 3 is 2.88 bits per heavy atom. The van der Waals surface area contributed by atoms with Gasteiger partial charge in [-0.05, 0) is 37.0 Å². The Morgan fingerprint density at radius 2 is 2.25 bits per heavy atom. The zero-order valence-corrected chi connectivity index (χ0v) is 10.6. The van der Waals surface area contributed by atoms with E-state index >= 15 is 0 Å². The highest BCUT2D eigenvalue weighted by molar-refractivity contribution is 9.10. The molecule has 0 bridgehead atoms. The molecular weight excluding hydrogens is 268 g/mol. The van der Waals surface area contributed by atoms with Crippen LogP contribution in [0.1, 0.15) is 18.4 Å². The smallest absolute Gasteiger partial charge is 0.126 e. The van der Waals surface area contributed by atoms with Gasteiger partial charge in [0, 0.05) is 16.6 Å². The third kappa shape index (κ3) is 2.47. The van der Waals surface area contributed by atoms with E-state index in [0.717, 1.165) is 28.6 Å². The fraction of sp³-hybridized carbons (Fsp3) is 0.385. The largest absolute Gasteiger partial charge is 0.490 e. The number of rotatable bonds is 4. The Labute approximate surface area is 104 Å². The molecule has 1 aromatic rings. The molecule has 16 heavy (non-hydrogen) atoms. The van der Waals surface area contributed by atoms with Crippen LogP contribution in [-0.4, -0.2) is 17.8 Å². The molecule has 3 heteroatoms. The fourth-order valence-corrected chi connectivity index (χ4v) is 2.26. The van der Waals surface area contributed by atoms with Gasteiger partial charge < -0.3 is 9.84 Å². The first-order valence-electron chi connectivity index (χ1n) is 5.42. The number of hydrogen-bond donors (Lipinski definition) is 1. The van der Waals surface area contributed by atoms with E-state index in [2.05, 4.69) is 22.5 Å². The molecule has 0 atom stereocenters. The number of aliphatic hydroxyl groups is 1. The second-order valence-electron chi connectivity index (χ2n) is 4.15. The van der Waals surface area contributed by atoms with E-state index < -0.39 is 0 Å². The van der Waals surface area contributed by atoms with Crippen molar-refractivity contribution >= 4 is 22.0 Å². The molecule has 1 aliphatic rings. The van der Waals surface area contributed by atoms with Crippen molar-refractivity contribution in [1.82, 2.24) is 0 Å². The number of halogens is 1. The second kappa shape index (κ2) is 5.02. The van der Waals surface area contributed by atoms with Gasteiger partial charge in [0.2, 0.25) is 0 Å². The first kappa shape index (κ1) is 11.7. The summed E-state index contributed by atoms with van der Waals surface area (Å²) in [6.07, 6.45) is 3.94. The van der Waals surface area contributed by atoms with E-state index in [4.69, 9.17) is 9.84 Å². The van der Waals surface area contributed by atoms with Gasteiger partial charge in [-0.1, -0.05) is 28.6 Å². The van der Waals surface area contributed by atoms with Crippen LogP contribution in [0.5, 0.6) is 5.75 Å². The van der Waals surface area contributed by atoms with Gasteiger partial charge in [-0.15, -0.1) is 0 Å². The summed E-state index contributed by atoms with van der Waals surface area (Å²) >= 11 is 3.42. The van der Waals surface area contributed by atoms with Gasteiger partial charge in [0.25, 0.3) is 0 Å². The van der Waals surface area contributed by atoms with Crippen molar-refractivity contribution in [2.45, 2.75) is 18.9 Å². The summed E-state index contributed by atoms with van der Waals surface area (Å²) in [5.41, 5.74) is 1.00. The lowest BCUT2D eigenvalue weighted by Crippen LogP contribution is -2.35. The van der Waals surface area contributed by atoms with Gasteiger partial charge >= 0.3 is 0 Å². The Hall–Kier alpha value is -0.800. The van der Waals surface area contributed by atoms with Gasteiger partial charge in [-0.2, -0.15) is 0 Å². The van der Waals surface area contributed by atoms with Crippen LogP contribution in [0.15, 0.2) is 29.3 Å². The summed E-state index contributed by atoms with van der Waals surface area (Å²) in [6.45, 7) is 4.05. The highest BCUT2D eigenvalue weighted by Crippen LogP contribution is 2.33. The molecule has 1 fully saturated rings. The van der Waals surface area contributed by atoms with E-state index in [9.17, 15) is 0 Å². The highest BCUT2D eigenvalue weighted by atomic mass is 79.9. The van der Waals surface area contributed by atoms with Crippen molar-refractivity contribution in [3.8, 4) is 5.75 Å².